The van der Waals surface area contributed by atoms with Gasteiger partial charge in [-0.25, -0.2) is 0 Å². The van der Waals surface area contributed by atoms with E-state index >= 15 is 0 Å². The first-order valence-electron chi connectivity index (χ1n) is 10.9. The number of benzene rings is 2. The second-order valence-electron chi connectivity index (χ2n) is 8.61. The van der Waals surface area contributed by atoms with E-state index in [9.17, 15) is 5.11 Å². The molecule has 6 nitrogen and oxygen atoms in total. The zero-order valence-corrected chi connectivity index (χ0v) is 17.5. The highest BCUT2D eigenvalue weighted by Crippen LogP contribution is 2.31. The number of para-hydroxylation sites is 1. The molecule has 2 atom stereocenters. The Balaban J connectivity index is 1.19. The molecule has 30 heavy (non-hydrogen) atoms. The number of rotatable bonds is 5. The van der Waals surface area contributed by atoms with Crippen molar-refractivity contribution in [2.45, 2.75) is 32.4 Å². The fourth-order valence-corrected chi connectivity index (χ4v) is 4.79. The molecule has 0 saturated carbocycles. The average molecular weight is 408 g/mol. The minimum atomic E-state index is 0.0484. The summed E-state index contributed by atoms with van der Waals surface area (Å²) >= 11 is 0. The van der Waals surface area contributed by atoms with Crippen LogP contribution in [0.3, 0.4) is 0 Å². The first-order valence-corrected chi connectivity index (χ1v) is 10.9. The molecule has 0 radical (unpaired) electrons. The quantitative estimate of drug-likeness (QED) is 0.697. The third-order valence-corrected chi connectivity index (χ3v) is 6.57. The van der Waals surface area contributed by atoms with Gasteiger partial charge in [-0.3, -0.25) is 4.90 Å². The summed E-state index contributed by atoms with van der Waals surface area (Å²) in [6, 6.07) is 14.6. The Morgan fingerprint density at radius 2 is 2.03 bits per heavy atom. The van der Waals surface area contributed by atoms with Crippen molar-refractivity contribution in [2.75, 3.05) is 37.7 Å². The number of fused-ring (bicyclic) bond motifs is 2. The molecular formula is C24H29N3O3. The maximum Gasteiger partial charge on any atom is 0.180 e. The number of ether oxygens (including phenoxy) is 1. The predicted molar refractivity (Wildman–Crippen MR) is 117 cm³/mol. The Morgan fingerprint density at radius 3 is 2.93 bits per heavy atom. The summed E-state index contributed by atoms with van der Waals surface area (Å²) < 4.78 is 11.7. The van der Waals surface area contributed by atoms with Gasteiger partial charge in [0.2, 0.25) is 0 Å². The summed E-state index contributed by atoms with van der Waals surface area (Å²) in [6.45, 7) is 6.93. The van der Waals surface area contributed by atoms with Gasteiger partial charge in [-0.2, -0.15) is 0 Å². The molecule has 2 aliphatic heterocycles. The van der Waals surface area contributed by atoms with Gasteiger partial charge in [-0.05, 0) is 49.1 Å². The van der Waals surface area contributed by atoms with Crippen molar-refractivity contribution in [3.63, 3.8) is 0 Å². The Hall–Kier alpha value is -2.57. The Morgan fingerprint density at radius 1 is 1.13 bits per heavy atom. The highest BCUT2D eigenvalue weighted by molar-refractivity contribution is 5.88. The monoisotopic (exact) mass is 407 g/mol. The number of aliphatic hydroxyl groups excluding tert-OH is 1. The van der Waals surface area contributed by atoms with Crippen LogP contribution in [0.4, 0.5) is 5.82 Å². The van der Waals surface area contributed by atoms with Gasteiger partial charge < -0.3 is 19.3 Å². The van der Waals surface area contributed by atoms with Crippen molar-refractivity contribution in [1.82, 2.24) is 10.1 Å². The smallest absolute Gasteiger partial charge is 0.180 e. The molecule has 3 heterocycles. The molecule has 2 aliphatic rings. The number of nitrogens with zero attached hydrogens (tertiary/aromatic N) is 3. The first-order chi connectivity index (χ1) is 14.7. The zero-order valence-electron chi connectivity index (χ0n) is 17.5. The summed E-state index contributed by atoms with van der Waals surface area (Å²) in [5, 5.41) is 14.8. The third kappa shape index (κ3) is 3.77. The van der Waals surface area contributed by atoms with Crippen LogP contribution >= 0.6 is 0 Å². The minimum absolute atomic E-state index is 0.0484. The lowest BCUT2D eigenvalue weighted by Gasteiger charge is -2.46. The third-order valence-electron chi connectivity index (χ3n) is 6.57. The van der Waals surface area contributed by atoms with E-state index in [1.165, 1.54) is 12.8 Å². The summed E-state index contributed by atoms with van der Waals surface area (Å²) in [7, 11) is 0. The Bertz CT molecular complexity index is 1020. The van der Waals surface area contributed by atoms with E-state index in [1.54, 1.807) is 0 Å². The lowest BCUT2D eigenvalue weighted by Crippen LogP contribution is -2.57. The van der Waals surface area contributed by atoms with Crippen LogP contribution in [0.25, 0.3) is 11.0 Å². The van der Waals surface area contributed by atoms with Crippen LogP contribution in [-0.4, -0.2) is 54.0 Å². The highest BCUT2D eigenvalue weighted by Gasteiger charge is 2.34. The SMILES string of the molecule is Cc1ccc(CO)cc1OC[C@@H]1CC[C@@H]2CN(c3noc4ccccc34)CCN2C1. The van der Waals surface area contributed by atoms with Gasteiger partial charge in [-0.15, -0.1) is 0 Å². The second kappa shape index (κ2) is 8.28. The van der Waals surface area contributed by atoms with Crippen LogP contribution in [0.15, 0.2) is 47.0 Å². The van der Waals surface area contributed by atoms with E-state index in [-0.39, 0.29) is 6.61 Å². The van der Waals surface area contributed by atoms with Crippen molar-refractivity contribution in [1.29, 1.82) is 0 Å². The molecule has 0 unspecified atom stereocenters. The molecule has 2 aromatic carbocycles. The van der Waals surface area contributed by atoms with Crippen LogP contribution in [0.2, 0.25) is 0 Å². The lowest BCUT2D eigenvalue weighted by molar-refractivity contribution is 0.0725. The average Bonchev–Trinajstić information content (AvgIpc) is 3.22. The van der Waals surface area contributed by atoms with Gasteiger partial charge in [0, 0.05) is 38.1 Å². The van der Waals surface area contributed by atoms with E-state index in [4.69, 9.17) is 9.26 Å². The molecule has 5 rings (SSSR count). The minimum Gasteiger partial charge on any atom is -0.493 e. The Labute approximate surface area is 177 Å². The number of piperazine rings is 1. The van der Waals surface area contributed by atoms with Crippen LogP contribution in [-0.2, 0) is 6.61 Å². The second-order valence-corrected chi connectivity index (χ2v) is 8.61. The normalized spacial score (nSPS) is 22.3. The maximum atomic E-state index is 9.37. The molecule has 2 saturated heterocycles. The molecule has 0 spiro atoms. The summed E-state index contributed by atoms with van der Waals surface area (Å²) in [6.07, 6.45) is 2.35. The number of aryl methyl sites for hydroxylation is 1. The lowest BCUT2D eigenvalue weighted by atomic mass is 9.91. The molecule has 1 N–H and O–H groups in total. The van der Waals surface area contributed by atoms with Gasteiger partial charge in [0.05, 0.1) is 18.6 Å². The molecule has 2 fully saturated rings. The topological polar surface area (TPSA) is 62.0 Å². The maximum absolute atomic E-state index is 9.37. The van der Waals surface area contributed by atoms with Gasteiger partial charge in [-0.1, -0.05) is 29.4 Å². The van der Waals surface area contributed by atoms with Crippen molar-refractivity contribution < 1.29 is 14.4 Å². The molecule has 0 aliphatic carbocycles. The largest absolute Gasteiger partial charge is 0.493 e. The molecular weight excluding hydrogens is 378 g/mol. The number of anilines is 1. The van der Waals surface area contributed by atoms with Crippen molar-refractivity contribution in [2.24, 2.45) is 5.92 Å². The van der Waals surface area contributed by atoms with E-state index < -0.39 is 0 Å². The summed E-state index contributed by atoms with van der Waals surface area (Å²) in [4.78, 5) is 5.00. The number of aromatic nitrogens is 1. The standard InChI is InChI=1S/C24H29N3O3/c1-17-6-7-18(15-28)12-23(17)29-16-19-8-9-20-14-27(11-10-26(20)13-19)24-21-4-2-3-5-22(21)30-25-24/h2-7,12,19-20,28H,8-11,13-16H2,1H3/t19-,20-/m1/s1. The molecule has 6 heteroatoms. The molecule has 0 amide bonds. The van der Waals surface area contributed by atoms with E-state index in [0.29, 0.717) is 12.0 Å². The van der Waals surface area contributed by atoms with Crippen molar-refractivity contribution in [3.8, 4) is 5.75 Å². The van der Waals surface area contributed by atoms with E-state index in [0.717, 1.165) is 66.4 Å². The van der Waals surface area contributed by atoms with Gasteiger partial charge >= 0.3 is 0 Å². The van der Waals surface area contributed by atoms with Crippen LogP contribution < -0.4 is 9.64 Å². The molecule has 0 bridgehead atoms. The fraction of sp³-hybridized carbons (Fsp3) is 0.458. The number of hydrogen-bond acceptors (Lipinski definition) is 6. The summed E-state index contributed by atoms with van der Waals surface area (Å²) in [5.41, 5.74) is 2.88. The van der Waals surface area contributed by atoms with Gasteiger partial charge in [0.1, 0.15) is 5.75 Å². The number of hydrogen-bond donors (Lipinski definition) is 1. The van der Waals surface area contributed by atoms with Gasteiger partial charge in [0.25, 0.3) is 0 Å². The number of aliphatic hydroxyl groups is 1. The van der Waals surface area contributed by atoms with Crippen LogP contribution in [0.1, 0.15) is 24.0 Å². The summed E-state index contributed by atoms with van der Waals surface area (Å²) in [5.74, 6) is 2.42. The molecule has 3 aromatic rings. The molecule has 158 valence electrons. The zero-order chi connectivity index (χ0) is 20.5. The fourth-order valence-electron chi connectivity index (χ4n) is 4.79. The van der Waals surface area contributed by atoms with Crippen LogP contribution in [0, 0.1) is 12.8 Å². The van der Waals surface area contributed by atoms with E-state index in [1.807, 2.05) is 36.4 Å². The predicted octanol–water partition coefficient (Wildman–Crippen LogP) is 3.61. The number of piperidine rings is 1. The van der Waals surface area contributed by atoms with Crippen molar-refractivity contribution >= 4 is 16.8 Å². The van der Waals surface area contributed by atoms with Crippen molar-refractivity contribution in [3.05, 3.63) is 53.6 Å². The first kappa shape index (κ1) is 19.4. The Kier molecular flexibility index (Phi) is 5.35. The van der Waals surface area contributed by atoms with E-state index in [2.05, 4.69) is 27.9 Å². The highest BCUT2D eigenvalue weighted by atomic mass is 16.5. The molecule has 1 aromatic heterocycles. The van der Waals surface area contributed by atoms with Gasteiger partial charge in [0.15, 0.2) is 11.4 Å². The van der Waals surface area contributed by atoms with Crippen LogP contribution in [0.5, 0.6) is 5.75 Å².